The summed E-state index contributed by atoms with van der Waals surface area (Å²) in [7, 11) is 1.51. The summed E-state index contributed by atoms with van der Waals surface area (Å²) in [5.74, 6) is -0.229. The van der Waals surface area contributed by atoms with Crippen LogP contribution >= 0.6 is 11.6 Å². The highest BCUT2D eigenvalue weighted by Gasteiger charge is 2.07. The summed E-state index contributed by atoms with van der Waals surface area (Å²) in [6.45, 7) is 0.185. The largest absolute Gasteiger partial charge is 0.364 e. The molecule has 0 heterocycles. The predicted octanol–water partition coefficient (Wildman–Crippen LogP) is 1.67. The van der Waals surface area contributed by atoms with E-state index in [4.69, 9.17) is 16.3 Å². The van der Waals surface area contributed by atoms with Gasteiger partial charge in [0.05, 0.1) is 10.6 Å². The van der Waals surface area contributed by atoms with Crippen LogP contribution in [-0.2, 0) is 4.74 Å². The summed E-state index contributed by atoms with van der Waals surface area (Å²) in [5.41, 5.74) is 0.459. The number of methoxy groups -OCH3 is 1. The number of ether oxygens (including phenoxy) is 1. The Bertz CT molecular complexity index is 301. The Kier molecular flexibility index (Phi) is 3.73. The lowest BCUT2D eigenvalue weighted by atomic mass is 10.2. The first kappa shape index (κ1) is 10.0. The molecule has 0 fully saturated rings. The first-order chi connectivity index (χ1) is 6.25. The van der Waals surface area contributed by atoms with Crippen LogP contribution in [0.4, 0.5) is 0 Å². The van der Waals surface area contributed by atoms with Gasteiger partial charge in [-0.05, 0) is 12.1 Å². The van der Waals surface area contributed by atoms with Gasteiger partial charge in [-0.3, -0.25) is 4.79 Å². The highest BCUT2D eigenvalue weighted by molar-refractivity contribution is 6.33. The van der Waals surface area contributed by atoms with Gasteiger partial charge in [0.25, 0.3) is 5.91 Å². The van der Waals surface area contributed by atoms with Gasteiger partial charge in [-0.25, -0.2) is 0 Å². The Morgan fingerprint density at radius 2 is 2.23 bits per heavy atom. The van der Waals surface area contributed by atoms with Crippen molar-refractivity contribution in [1.82, 2.24) is 5.32 Å². The normalized spacial score (nSPS) is 9.69. The third kappa shape index (κ3) is 2.72. The van der Waals surface area contributed by atoms with Gasteiger partial charge in [-0.15, -0.1) is 0 Å². The standard InChI is InChI=1S/C9H10ClNO2/c1-13-6-11-9(12)7-4-2-3-5-8(7)10/h2-5H,6H2,1H3,(H,11,12). The van der Waals surface area contributed by atoms with Crippen LogP contribution in [0.5, 0.6) is 0 Å². The molecule has 1 aromatic carbocycles. The van der Waals surface area contributed by atoms with E-state index < -0.39 is 0 Å². The minimum atomic E-state index is -0.229. The Hall–Kier alpha value is -1.06. The van der Waals surface area contributed by atoms with Crippen molar-refractivity contribution in [3.05, 3.63) is 34.9 Å². The van der Waals surface area contributed by atoms with Crippen molar-refractivity contribution >= 4 is 17.5 Å². The lowest BCUT2D eigenvalue weighted by Gasteiger charge is -2.04. The zero-order valence-corrected chi connectivity index (χ0v) is 7.97. The van der Waals surface area contributed by atoms with Crippen LogP contribution in [0.15, 0.2) is 24.3 Å². The van der Waals surface area contributed by atoms with Gasteiger partial charge >= 0.3 is 0 Å². The van der Waals surface area contributed by atoms with E-state index in [0.717, 1.165) is 0 Å². The highest BCUT2D eigenvalue weighted by atomic mass is 35.5. The molecule has 0 aliphatic carbocycles. The fourth-order valence-electron chi connectivity index (χ4n) is 0.878. The number of hydrogen-bond donors (Lipinski definition) is 1. The summed E-state index contributed by atoms with van der Waals surface area (Å²) < 4.78 is 4.70. The molecule has 0 aliphatic heterocycles. The van der Waals surface area contributed by atoms with Crippen LogP contribution in [0, 0.1) is 0 Å². The molecule has 0 radical (unpaired) electrons. The number of amides is 1. The molecule has 1 aromatic rings. The smallest absolute Gasteiger partial charge is 0.254 e. The van der Waals surface area contributed by atoms with E-state index in [1.807, 2.05) is 0 Å². The maximum absolute atomic E-state index is 11.3. The van der Waals surface area contributed by atoms with Gasteiger partial charge in [0.15, 0.2) is 0 Å². The van der Waals surface area contributed by atoms with E-state index in [-0.39, 0.29) is 12.6 Å². The number of rotatable bonds is 3. The van der Waals surface area contributed by atoms with Crippen molar-refractivity contribution in [3.63, 3.8) is 0 Å². The van der Waals surface area contributed by atoms with Crippen LogP contribution in [0.1, 0.15) is 10.4 Å². The Labute approximate surface area is 81.7 Å². The van der Waals surface area contributed by atoms with Crippen molar-refractivity contribution in [3.8, 4) is 0 Å². The van der Waals surface area contributed by atoms with Crippen molar-refractivity contribution in [2.24, 2.45) is 0 Å². The molecule has 0 saturated heterocycles. The minimum absolute atomic E-state index is 0.185. The first-order valence-corrected chi connectivity index (χ1v) is 4.15. The number of carbonyl (C=O) groups excluding carboxylic acids is 1. The van der Waals surface area contributed by atoms with Gasteiger partial charge in [0.2, 0.25) is 0 Å². The lowest BCUT2D eigenvalue weighted by Crippen LogP contribution is -2.25. The van der Waals surface area contributed by atoms with E-state index in [9.17, 15) is 4.79 Å². The van der Waals surface area contributed by atoms with Crippen molar-refractivity contribution < 1.29 is 9.53 Å². The fraction of sp³-hybridized carbons (Fsp3) is 0.222. The number of nitrogens with one attached hydrogen (secondary N) is 1. The molecule has 0 unspecified atom stereocenters. The molecule has 0 aliphatic rings. The maximum Gasteiger partial charge on any atom is 0.254 e. The van der Waals surface area contributed by atoms with Crippen LogP contribution in [0.3, 0.4) is 0 Å². The molecule has 70 valence electrons. The molecule has 3 nitrogen and oxygen atoms in total. The molecule has 13 heavy (non-hydrogen) atoms. The first-order valence-electron chi connectivity index (χ1n) is 3.77. The number of hydrogen-bond acceptors (Lipinski definition) is 2. The number of halogens is 1. The van der Waals surface area contributed by atoms with Gasteiger partial charge in [-0.1, -0.05) is 23.7 Å². The average Bonchev–Trinajstić information content (AvgIpc) is 2.15. The molecule has 0 spiro atoms. The summed E-state index contributed by atoms with van der Waals surface area (Å²) in [6.07, 6.45) is 0. The second-order valence-corrected chi connectivity index (χ2v) is 2.83. The quantitative estimate of drug-likeness (QED) is 0.753. The van der Waals surface area contributed by atoms with Crippen molar-refractivity contribution in [2.75, 3.05) is 13.8 Å². The van der Waals surface area contributed by atoms with Gasteiger partial charge in [0, 0.05) is 7.11 Å². The SMILES string of the molecule is COCNC(=O)c1ccccc1Cl. The third-order valence-corrected chi connectivity index (χ3v) is 1.83. The van der Waals surface area contributed by atoms with Crippen molar-refractivity contribution in [1.29, 1.82) is 0 Å². The molecule has 1 rings (SSSR count). The summed E-state index contributed by atoms with van der Waals surface area (Å²) >= 11 is 5.80. The maximum atomic E-state index is 11.3. The zero-order valence-electron chi connectivity index (χ0n) is 7.21. The fourth-order valence-corrected chi connectivity index (χ4v) is 1.10. The predicted molar refractivity (Wildman–Crippen MR) is 50.8 cm³/mol. The molecule has 0 atom stereocenters. The van der Waals surface area contributed by atoms with E-state index in [2.05, 4.69) is 5.32 Å². The highest BCUT2D eigenvalue weighted by Crippen LogP contribution is 2.14. The van der Waals surface area contributed by atoms with Crippen LogP contribution in [0.2, 0.25) is 5.02 Å². The van der Waals surface area contributed by atoms with Crippen LogP contribution in [0.25, 0.3) is 0 Å². The molecular formula is C9H10ClNO2. The van der Waals surface area contributed by atoms with E-state index in [1.54, 1.807) is 24.3 Å². The van der Waals surface area contributed by atoms with Gasteiger partial charge in [-0.2, -0.15) is 0 Å². The molecule has 0 saturated carbocycles. The third-order valence-electron chi connectivity index (χ3n) is 1.50. The Morgan fingerprint density at radius 1 is 1.54 bits per heavy atom. The summed E-state index contributed by atoms with van der Waals surface area (Å²) in [4.78, 5) is 11.3. The molecule has 4 heteroatoms. The monoisotopic (exact) mass is 199 g/mol. The molecule has 1 N–H and O–H groups in total. The molecule has 0 bridgehead atoms. The second-order valence-electron chi connectivity index (χ2n) is 2.42. The van der Waals surface area contributed by atoms with E-state index in [1.165, 1.54) is 7.11 Å². The van der Waals surface area contributed by atoms with Crippen LogP contribution in [-0.4, -0.2) is 19.7 Å². The lowest BCUT2D eigenvalue weighted by molar-refractivity contribution is 0.0872. The zero-order chi connectivity index (χ0) is 9.68. The number of carbonyl (C=O) groups is 1. The average molecular weight is 200 g/mol. The summed E-state index contributed by atoms with van der Waals surface area (Å²) in [5, 5.41) is 2.98. The Morgan fingerprint density at radius 3 is 2.85 bits per heavy atom. The van der Waals surface area contributed by atoms with Crippen LogP contribution < -0.4 is 5.32 Å². The van der Waals surface area contributed by atoms with E-state index >= 15 is 0 Å². The van der Waals surface area contributed by atoms with Crippen molar-refractivity contribution in [2.45, 2.75) is 0 Å². The van der Waals surface area contributed by atoms with E-state index in [0.29, 0.717) is 10.6 Å². The minimum Gasteiger partial charge on any atom is -0.364 e. The summed E-state index contributed by atoms with van der Waals surface area (Å²) in [6, 6.07) is 6.86. The molecule has 1 amide bonds. The number of benzene rings is 1. The topological polar surface area (TPSA) is 38.3 Å². The Balaban J connectivity index is 2.71. The van der Waals surface area contributed by atoms with Gasteiger partial charge < -0.3 is 10.1 Å². The molecular weight excluding hydrogens is 190 g/mol. The second kappa shape index (κ2) is 4.84. The molecule has 0 aromatic heterocycles. The van der Waals surface area contributed by atoms with Gasteiger partial charge in [0.1, 0.15) is 6.73 Å².